The SMILES string of the molecule is CC1(O)CCC2(O)C(=O)COCC12.CC1=COC(C)C2C1C(O)C1OC12C.CC1=COC(O)C2C(=O)C(O)CC12O.CC1OC=CC2(O)C(O)C3OC3(C)C12.CCO/C=C(/C(=O)O)C1(O)CCC(C)(C)C1.COC(=O)C1=C(C)CC/C1=C/C=O.COC(=O)C1=C(C)CC=C1CC=O. The number of carboxylic acids is 1. The van der Waals surface area contributed by atoms with Crippen molar-refractivity contribution in [1.82, 2.24) is 0 Å². The molecular weight excluding hydrogens is 1270 g/mol. The van der Waals surface area contributed by atoms with Gasteiger partial charge < -0.3 is 98.5 Å². The highest BCUT2D eigenvalue weighted by Gasteiger charge is 2.78. The third kappa shape index (κ3) is 15.4. The molecule has 0 aromatic rings. The molecule has 13 rings (SSSR count). The molecule has 13 aliphatic rings. The topological polar surface area (TPSA) is 411 Å². The van der Waals surface area contributed by atoms with Crippen LogP contribution in [-0.2, 0) is 76.2 Å². The standard InChI is InChI=1S/C12H20O4.C11H16O3.C10H14O4.2C10H12O3.C9H12O5.C9H14O4/c1-4-16-7-9(10(13)14)12(15)6-5-11(2,3)8-12;1-5-4-13-6(2)8-7(5)9(12)10-11(8,3)14-10;1-5-6-9(2)8(14-9)7(11)10(6,12)3-4-13-5;2*1-7-3-4-8(5-6-11)9(7)10(12)13-2;1-4-3-14-8(12)6-7(11)5(10)2-9(4,6)13;1-8(11)2-3-9(12)6(8)4-13-5-7(9)10/h7,15H,4-6,8H2,1-3H3,(H,13,14);4,6-10,12H,1-3H3;3-8,11-12H,1-2H3;5-6H,3-4H2,1-2H3;4,6H,3,5H2,1-2H3;3,5-6,8,10,12-13H,2H2,1H3;6,11-12H,2-5H2,1H3/b9-7-;;;8-5-;;;. The Labute approximate surface area is 565 Å². The molecule has 20 unspecified atom stereocenters. The molecule has 26 nitrogen and oxygen atoms in total. The summed E-state index contributed by atoms with van der Waals surface area (Å²) in [5.74, 6) is -3.80. The largest absolute Gasteiger partial charge is 0.501 e. The van der Waals surface area contributed by atoms with Crippen LogP contribution in [0, 0.1) is 35.0 Å². The van der Waals surface area contributed by atoms with Crippen LogP contribution in [0.4, 0.5) is 0 Å². The van der Waals surface area contributed by atoms with Crippen molar-refractivity contribution in [2.75, 3.05) is 34.0 Å². The number of aliphatic hydroxyl groups is 9. The fourth-order valence-electron chi connectivity index (χ4n) is 16.2. The minimum Gasteiger partial charge on any atom is -0.501 e. The van der Waals surface area contributed by atoms with E-state index in [-0.39, 0.29) is 96.3 Å². The maximum atomic E-state index is 11.4. The Morgan fingerprint density at radius 2 is 1.41 bits per heavy atom. The predicted octanol–water partition coefficient (Wildman–Crippen LogP) is 3.99. The predicted molar refractivity (Wildman–Crippen MR) is 343 cm³/mol. The van der Waals surface area contributed by atoms with Crippen LogP contribution in [0.1, 0.15) is 147 Å². The van der Waals surface area contributed by atoms with Gasteiger partial charge in [0.25, 0.3) is 0 Å². The summed E-state index contributed by atoms with van der Waals surface area (Å²) >= 11 is 0. The summed E-state index contributed by atoms with van der Waals surface area (Å²) in [7, 11) is 2.69. The molecule has 26 heteroatoms. The molecule has 0 aromatic carbocycles. The number of ether oxygens (including phenoxy) is 9. The van der Waals surface area contributed by atoms with E-state index < -0.39 is 75.7 Å². The van der Waals surface area contributed by atoms with Gasteiger partial charge in [-0.2, -0.15) is 0 Å². The Balaban J connectivity index is 0.000000160. The monoisotopic (exact) mass is 1370 g/mol. The lowest BCUT2D eigenvalue weighted by atomic mass is 9.79. The molecule has 6 aliphatic heterocycles. The van der Waals surface area contributed by atoms with Crippen molar-refractivity contribution in [2.24, 2.45) is 35.0 Å². The minimum absolute atomic E-state index is 0.0183. The lowest BCUT2D eigenvalue weighted by molar-refractivity contribution is -0.170. The molecular formula is C71H100O26. The van der Waals surface area contributed by atoms with E-state index in [0.29, 0.717) is 67.6 Å². The zero-order valence-corrected chi connectivity index (χ0v) is 57.9. The van der Waals surface area contributed by atoms with Crippen LogP contribution >= 0.6 is 0 Å². The second-order valence-electron chi connectivity index (χ2n) is 28.9. The minimum atomic E-state index is -1.45. The lowest BCUT2D eigenvalue weighted by Crippen LogP contribution is -2.55. The van der Waals surface area contributed by atoms with Crippen molar-refractivity contribution in [2.45, 2.75) is 236 Å². The summed E-state index contributed by atoms with van der Waals surface area (Å²) in [4.78, 5) is 77.1. The van der Waals surface area contributed by atoms with Gasteiger partial charge in [-0.05, 0) is 160 Å². The number of rotatable bonds is 9. The Bertz CT molecular complexity index is 3280. The zero-order chi connectivity index (χ0) is 72.5. The molecule has 6 heterocycles. The summed E-state index contributed by atoms with van der Waals surface area (Å²) in [6.07, 6.45) is 13.2. The molecule has 0 bridgehead atoms. The number of esters is 2. The Hall–Kier alpha value is -6.27. The molecule has 0 amide bonds. The maximum absolute atomic E-state index is 11.4. The van der Waals surface area contributed by atoms with Crippen molar-refractivity contribution in [3.63, 3.8) is 0 Å². The van der Waals surface area contributed by atoms with E-state index in [1.54, 1.807) is 33.1 Å². The number of hydrogen-bond donors (Lipinski definition) is 10. The molecule has 540 valence electrons. The number of carboxylic acid groups (broad SMARTS) is 1. The fraction of sp³-hybridized carbons (Fsp3) is 0.676. The summed E-state index contributed by atoms with van der Waals surface area (Å²) in [5.41, 5.74) is -0.449. The third-order valence-corrected chi connectivity index (χ3v) is 21.7. The van der Waals surface area contributed by atoms with Crippen molar-refractivity contribution >= 4 is 42.0 Å². The molecule has 7 aliphatic carbocycles. The van der Waals surface area contributed by atoms with Crippen LogP contribution in [0.3, 0.4) is 0 Å². The molecule has 0 radical (unpaired) electrons. The van der Waals surface area contributed by atoms with Crippen LogP contribution in [-0.4, -0.2) is 215 Å². The van der Waals surface area contributed by atoms with Crippen molar-refractivity contribution in [3.05, 3.63) is 93.4 Å². The number of carbonyl (C=O) groups is 7. The molecule has 10 N–H and O–H groups in total. The highest BCUT2D eigenvalue weighted by atomic mass is 16.6. The first-order valence-corrected chi connectivity index (χ1v) is 32.9. The summed E-state index contributed by atoms with van der Waals surface area (Å²) in [6, 6.07) is 0. The lowest BCUT2D eigenvalue weighted by Gasteiger charge is -2.39. The Morgan fingerprint density at radius 1 is 0.763 bits per heavy atom. The zero-order valence-electron chi connectivity index (χ0n) is 57.9. The second-order valence-corrected chi connectivity index (χ2v) is 28.9. The second kappa shape index (κ2) is 29.9. The number of allylic oxidation sites excluding steroid dienone is 4. The van der Waals surface area contributed by atoms with Crippen molar-refractivity contribution < 1.29 is 127 Å². The number of aldehydes is 2. The van der Waals surface area contributed by atoms with Gasteiger partial charge in [-0.25, -0.2) is 14.4 Å². The van der Waals surface area contributed by atoms with Gasteiger partial charge in [0.15, 0.2) is 11.6 Å². The third-order valence-electron chi connectivity index (χ3n) is 21.7. The molecule has 0 aromatic heterocycles. The van der Waals surface area contributed by atoms with Gasteiger partial charge in [0, 0.05) is 30.6 Å². The molecule has 0 spiro atoms. The van der Waals surface area contributed by atoms with Crippen LogP contribution in [0.25, 0.3) is 0 Å². The van der Waals surface area contributed by atoms with E-state index in [1.165, 1.54) is 39.1 Å². The van der Waals surface area contributed by atoms with Crippen LogP contribution in [0.15, 0.2) is 93.4 Å². The van der Waals surface area contributed by atoms with Crippen molar-refractivity contribution in [3.8, 4) is 0 Å². The van der Waals surface area contributed by atoms with E-state index in [4.69, 9.17) is 38.3 Å². The highest BCUT2D eigenvalue weighted by molar-refractivity contribution is 5.97. The van der Waals surface area contributed by atoms with Gasteiger partial charge in [-0.15, -0.1) is 0 Å². The number of aliphatic carboxylic acids is 1. The average Bonchev–Trinajstić information content (AvgIpc) is 1.51. The number of aliphatic hydroxyl groups excluding tert-OH is 4. The molecule has 8 fully saturated rings. The fourth-order valence-corrected chi connectivity index (χ4v) is 16.2. The van der Waals surface area contributed by atoms with E-state index >= 15 is 0 Å². The van der Waals surface area contributed by atoms with E-state index in [0.717, 1.165) is 59.8 Å². The first-order chi connectivity index (χ1) is 45.2. The molecule has 20 atom stereocenters. The maximum Gasteiger partial charge on any atom is 0.338 e. The van der Waals surface area contributed by atoms with Gasteiger partial charge in [-0.3, -0.25) is 14.4 Å². The van der Waals surface area contributed by atoms with E-state index in [9.17, 15) is 79.5 Å². The Kier molecular flexibility index (Phi) is 24.1. The summed E-state index contributed by atoms with van der Waals surface area (Å²) in [6.45, 7) is 23.5. The number of hydrogen-bond acceptors (Lipinski definition) is 25. The number of methoxy groups -OCH3 is 2. The van der Waals surface area contributed by atoms with E-state index in [1.807, 2.05) is 54.5 Å². The number of Topliss-reactive ketones (excluding diaryl/α,β-unsaturated/α-hetero) is 2. The molecule has 97 heavy (non-hydrogen) atoms. The van der Waals surface area contributed by atoms with Gasteiger partial charge in [0.1, 0.15) is 101 Å². The summed E-state index contributed by atoms with van der Waals surface area (Å²) in [5, 5.41) is 98.4. The normalized spacial score (nSPS) is 41.0. The van der Waals surface area contributed by atoms with Gasteiger partial charge in [0.05, 0.1) is 81.3 Å². The highest BCUT2D eigenvalue weighted by Crippen LogP contribution is 2.62. The first-order valence-electron chi connectivity index (χ1n) is 32.9. The van der Waals surface area contributed by atoms with Gasteiger partial charge in [0.2, 0.25) is 6.29 Å². The number of carbonyl (C=O) groups excluding carboxylic acids is 6. The Morgan fingerprint density at radius 3 is 1.97 bits per heavy atom. The first kappa shape index (κ1) is 78.1. The summed E-state index contributed by atoms with van der Waals surface area (Å²) < 4.78 is 46.0. The van der Waals surface area contributed by atoms with Crippen molar-refractivity contribution in [1.29, 1.82) is 0 Å². The molecule has 5 saturated carbocycles. The van der Waals surface area contributed by atoms with Crippen LogP contribution < -0.4 is 0 Å². The number of fused-ring (bicyclic) bond motifs is 8. The van der Waals surface area contributed by atoms with Crippen LogP contribution in [0.2, 0.25) is 0 Å². The quantitative estimate of drug-likeness (QED) is 0.0513. The number of ketones is 2. The van der Waals surface area contributed by atoms with Crippen LogP contribution in [0.5, 0.6) is 0 Å². The average molecular weight is 1370 g/mol. The number of epoxide rings is 2. The van der Waals surface area contributed by atoms with Gasteiger partial charge >= 0.3 is 17.9 Å². The van der Waals surface area contributed by atoms with E-state index in [2.05, 4.69) is 23.3 Å². The smallest absolute Gasteiger partial charge is 0.338 e. The molecule has 3 saturated heterocycles. The van der Waals surface area contributed by atoms with Gasteiger partial charge in [-0.1, -0.05) is 31.1 Å².